The summed E-state index contributed by atoms with van der Waals surface area (Å²) in [5.41, 5.74) is 0.985. The van der Waals surface area contributed by atoms with Crippen LogP contribution in [0.15, 0.2) is 48.5 Å². The molecule has 1 N–H and O–H groups in total. The van der Waals surface area contributed by atoms with E-state index in [-0.39, 0.29) is 6.04 Å². The Bertz CT molecular complexity index is 944. The Labute approximate surface area is 186 Å². The number of aliphatic hydroxyl groups is 1. The molecule has 162 valence electrons. The summed E-state index contributed by atoms with van der Waals surface area (Å²) in [6, 6.07) is 16.7. The van der Waals surface area contributed by atoms with Gasteiger partial charge in [-0.2, -0.15) is 0 Å². The topological polar surface area (TPSA) is 23.5 Å². The van der Waals surface area contributed by atoms with Crippen LogP contribution in [0.1, 0.15) is 71.0 Å². The molecule has 3 rings (SSSR count). The van der Waals surface area contributed by atoms with Crippen molar-refractivity contribution < 1.29 is 5.11 Å². The molecule has 0 aliphatic carbocycles. The highest BCUT2D eigenvalue weighted by molar-refractivity contribution is 6.37. The van der Waals surface area contributed by atoms with Gasteiger partial charge in [-0.3, -0.25) is 4.90 Å². The Morgan fingerprint density at radius 3 is 2.10 bits per heavy atom. The molecule has 0 aliphatic heterocycles. The lowest BCUT2D eigenvalue weighted by molar-refractivity contribution is 0.0556. The van der Waals surface area contributed by atoms with Crippen molar-refractivity contribution in [3.8, 4) is 0 Å². The van der Waals surface area contributed by atoms with Gasteiger partial charge < -0.3 is 5.11 Å². The maximum Gasteiger partial charge on any atom is 0.0942 e. The Kier molecular flexibility index (Phi) is 8.56. The number of fused-ring (bicyclic) bond motifs is 3. The number of nitrogens with zero attached hydrogens (tertiary/aromatic N) is 1. The number of halogens is 1. The molecule has 0 spiro atoms. The molecule has 0 amide bonds. The molecule has 3 aromatic rings. The van der Waals surface area contributed by atoms with Crippen molar-refractivity contribution in [1.29, 1.82) is 0 Å². The molecule has 0 radical (unpaired) electrons. The van der Waals surface area contributed by atoms with E-state index in [1.54, 1.807) is 0 Å². The summed E-state index contributed by atoms with van der Waals surface area (Å²) in [5.74, 6) is 0. The molecule has 3 heteroatoms. The summed E-state index contributed by atoms with van der Waals surface area (Å²) in [7, 11) is 0. The summed E-state index contributed by atoms with van der Waals surface area (Å²) in [6.45, 7) is 8.77. The van der Waals surface area contributed by atoms with E-state index in [1.165, 1.54) is 38.5 Å². The van der Waals surface area contributed by atoms with Crippen molar-refractivity contribution in [2.24, 2.45) is 0 Å². The molecule has 0 heterocycles. The number of rotatable bonds is 11. The minimum Gasteiger partial charge on any atom is -0.387 e. The zero-order valence-corrected chi connectivity index (χ0v) is 19.5. The van der Waals surface area contributed by atoms with E-state index in [0.717, 1.165) is 45.2 Å². The Morgan fingerprint density at radius 2 is 1.47 bits per heavy atom. The van der Waals surface area contributed by atoms with Crippen LogP contribution in [0.2, 0.25) is 5.02 Å². The first-order valence-corrected chi connectivity index (χ1v) is 12.0. The van der Waals surface area contributed by atoms with Gasteiger partial charge in [0.25, 0.3) is 0 Å². The fourth-order valence-corrected chi connectivity index (χ4v) is 4.67. The third-order valence-electron chi connectivity index (χ3n) is 6.31. The van der Waals surface area contributed by atoms with Crippen LogP contribution in [0.3, 0.4) is 0 Å². The molecule has 0 saturated heterocycles. The number of hydrogen-bond donors (Lipinski definition) is 1. The minimum absolute atomic E-state index is 0.0923. The Balaban J connectivity index is 1.88. The fraction of sp³-hybridized carbons (Fsp3) is 0.481. The minimum atomic E-state index is -0.507. The number of aliphatic hydroxyl groups excluding tert-OH is 1. The smallest absolute Gasteiger partial charge is 0.0942 e. The average Bonchev–Trinajstić information content (AvgIpc) is 2.77. The van der Waals surface area contributed by atoms with Crippen LogP contribution in [-0.2, 0) is 0 Å². The highest BCUT2D eigenvalue weighted by Gasteiger charge is 2.23. The van der Waals surface area contributed by atoms with Gasteiger partial charge >= 0.3 is 0 Å². The maximum atomic E-state index is 11.3. The molecule has 3 aromatic carbocycles. The third-order valence-corrected chi connectivity index (χ3v) is 6.62. The van der Waals surface area contributed by atoms with E-state index in [2.05, 4.69) is 56.0 Å². The average molecular weight is 426 g/mol. The van der Waals surface area contributed by atoms with Gasteiger partial charge in [0.05, 0.1) is 6.10 Å². The second-order valence-corrected chi connectivity index (χ2v) is 8.93. The van der Waals surface area contributed by atoms with Crippen molar-refractivity contribution in [3.05, 3.63) is 59.1 Å². The lowest BCUT2D eigenvalue weighted by Crippen LogP contribution is -2.39. The maximum absolute atomic E-state index is 11.3. The van der Waals surface area contributed by atoms with Crippen LogP contribution >= 0.6 is 11.6 Å². The molecule has 2 atom stereocenters. The first-order valence-electron chi connectivity index (χ1n) is 11.6. The van der Waals surface area contributed by atoms with Crippen LogP contribution in [0.5, 0.6) is 0 Å². The summed E-state index contributed by atoms with van der Waals surface area (Å²) in [5, 5.41) is 16.5. The molecular formula is C27H36ClNO. The second kappa shape index (κ2) is 11.1. The van der Waals surface area contributed by atoms with E-state index < -0.39 is 6.10 Å². The first-order chi connectivity index (χ1) is 14.6. The van der Waals surface area contributed by atoms with Crippen LogP contribution in [0.25, 0.3) is 21.5 Å². The molecule has 0 aliphatic rings. The molecule has 0 unspecified atom stereocenters. The number of hydrogen-bond acceptors (Lipinski definition) is 2. The standard InChI is InChI=1S/C27H36ClNO/c1-4-6-10-16-29(17-11-7-5-2)20(3)27(30)22-15-14-21-19-26(28)24-13-9-8-12-23(24)25(21)18-22/h8-9,12-15,18-20,27,30H,4-7,10-11,16-17H2,1-3H3/t20-,27-/m0/s1. The summed E-state index contributed by atoms with van der Waals surface area (Å²) in [4.78, 5) is 2.49. The molecule has 0 fully saturated rings. The van der Waals surface area contributed by atoms with Gasteiger partial charge in [-0.25, -0.2) is 0 Å². The first kappa shape index (κ1) is 23.1. The summed E-state index contributed by atoms with van der Waals surface area (Å²) < 4.78 is 0. The van der Waals surface area contributed by atoms with Gasteiger partial charge in [-0.1, -0.05) is 87.5 Å². The molecular weight excluding hydrogens is 390 g/mol. The lowest BCUT2D eigenvalue weighted by atomic mass is 9.95. The van der Waals surface area contributed by atoms with Crippen LogP contribution in [0, 0.1) is 0 Å². The van der Waals surface area contributed by atoms with Crippen molar-refractivity contribution in [3.63, 3.8) is 0 Å². The van der Waals surface area contributed by atoms with Gasteiger partial charge in [0.2, 0.25) is 0 Å². The van der Waals surface area contributed by atoms with Crippen molar-refractivity contribution in [2.45, 2.75) is 71.4 Å². The van der Waals surface area contributed by atoms with Crippen molar-refractivity contribution in [1.82, 2.24) is 4.90 Å². The van der Waals surface area contributed by atoms with Crippen molar-refractivity contribution >= 4 is 33.1 Å². The highest BCUT2D eigenvalue weighted by Crippen LogP contribution is 2.34. The zero-order valence-electron chi connectivity index (χ0n) is 18.7. The predicted octanol–water partition coefficient (Wildman–Crippen LogP) is 7.75. The molecule has 2 nitrogen and oxygen atoms in total. The summed E-state index contributed by atoms with van der Waals surface area (Å²) in [6.07, 6.45) is 6.82. The highest BCUT2D eigenvalue weighted by atomic mass is 35.5. The molecule has 30 heavy (non-hydrogen) atoms. The van der Waals surface area contributed by atoms with Crippen LogP contribution in [-0.4, -0.2) is 29.1 Å². The van der Waals surface area contributed by atoms with E-state index in [4.69, 9.17) is 11.6 Å². The van der Waals surface area contributed by atoms with Gasteiger partial charge in [0, 0.05) is 16.5 Å². The van der Waals surface area contributed by atoms with Gasteiger partial charge in [0.15, 0.2) is 0 Å². The van der Waals surface area contributed by atoms with Gasteiger partial charge in [-0.05, 0) is 66.7 Å². The molecule has 0 bridgehead atoms. The Hall–Kier alpha value is -1.61. The SMILES string of the molecule is CCCCCN(CCCCC)[C@@H](C)[C@H](O)c1ccc2cc(Cl)c3ccccc3c2c1. The number of benzene rings is 3. The van der Waals surface area contributed by atoms with Crippen LogP contribution < -0.4 is 0 Å². The van der Waals surface area contributed by atoms with E-state index in [9.17, 15) is 5.11 Å². The van der Waals surface area contributed by atoms with E-state index >= 15 is 0 Å². The molecule has 0 aromatic heterocycles. The monoisotopic (exact) mass is 425 g/mol. The zero-order chi connectivity index (χ0) is 21.5. The van der Waals surface area contributed by atoms with Gasteiger partial charge in [0.1, 0.15) is 0 Å². The fourth-order valence-electron chi connectivity index (χ4n) is 4.38. The quantitative estimate of drug-likeness (QED) is 0.250. The second-order valence-electron chi connectivity index (χ2n) is 8.52. The largest absolute Gasteiger partial charge is 0.387 e. The summed E-state index contributed by atoms with van der Waals surface area (Å²) >= 11 is 6.50. The van der Waals surface area contributed by atoms with Gasteiger partial charge in [-0.15, -0.1) is 0 Å². The van der Waals surface area contributed by atoms with Crippen molar-refractivity contribution in [2.75, 3.05) is 13.1 Å². The molecule has 0 saturated carbocycles. The van der Waals surface area contributed by atoms with Crippen LogP contribution in [0.4, 0.5) is 0 Å². The Morgan fingerprint density at radius 1 is 0.833 bits per heavy atom. The normalized spacial score (nSPS) is 13.9. The predicted molar refractivity (Wildman–Crippen MR) is 132 cm³/mol. The van der Waals surface area contributed by atoms with E-state index in [1.807, 2.05) is 18.2 Å². The number of unbranched alkanes of at least 4 members (excludes halogenated alkanes) is 4. The lowest BCUT2D eigenvalue weighted by Gasteiger charge is -2.33. The third kappa shape index (κ3) is 5.35. The van der Waals surface area contributed by atoms with E-state index in [0.29, 0.717) is 0 Å².